The molecule has 4 unspecified atom stereocenters. The van der Waals surface area contributed by atoms with Gasteiger partial charge >= 0.3 is 0 Å². The molecule has 0 spiro atoms. The summed E-state index contributed by atoms with van der Waals surface area (Å²) in [7, 11) is 0. The van der Waals surface area contributed by atoms with Gasteiger partial charge in [-0.25, -0.2) is 9.98 Å². The largest absolute Gasteiger partial charge is 0.351 e. The predicted octanol–water partition coefficient (Wildman–Crippen LogP) is 2.65. The Kier molecular flexibility index (Phi) is 4.00. The fourth-order valence-corrected chi connectivity index (χ4v) is 2.62. The summed E-state index contributed by atoms with van der Waals surface area (Å²) in [6.45, 7) is 0. The highest BCUT2D eigenvalue weighted by molar-refractivity contribution is 6.33. The van der Waals surface area contributed by atoms with Gasteiger partial charge in [-0.1, -0.05) is 64.6 Å². The Morgan fingerprint density at radius 3 is 1.60 bits per heavy atom. The van der Waals surface area contributed by atoms with E-state index in [2.05, 4.69) is 20.6 Å². The van der Waals surface area contributed by atoms with Crippen molar-refractivity contribution in [2.24, 2.45) is 9.98 Å². The maximum atomic E-state index is 5.98. The number of hydrogen-bond donors (Lipinski definition) is 2. The van der Waals surface area contributed by atoms with E-state index in [0.717, 1.165) is 11.1 Å². The second-order valence-corrected chi connectivity index (χ2v) is 6.21. The van der Waals surface area contributed by atoms with Gasteiger partial charge in [0, 0.05) is 11.1 Å². The van der Waals surface area contributed by atoms with Crippen LogP contribution in [0.25, 0.3) is 0 Å². The van der Waals surface area contributed by atoms with Gasteiger partial charge in [0.25, 0.3) is 0 Å². The minimum absolute atomic E-state index is 0.406. The maximum absolute atomic E-state index is 5.98. The second kappa shape index (κ2) is 5.60. The lowest BCUT2D eigenvalue weighted by molar-refractivity contribution is 0.824. The molecule has 4 nitrogen and oxygen atoms in total. The van der Waals surface area contributed by atoms with Gasteiger partial charge in [0.1, 0.15) is 22.7 Å². The molecule has 0 saturated heterocycles. The van der Waals surface area contributed by atoms with Crippen LogP contribution in [-0.2, 0) is 0 Å². The Balaban J connectivity index is 1.88. The molecule has 2 heterocycles. The third kappa shape index (κ3) is 2.70. The summed E-state index contributed by atoms with van der Waals surface area (Å²) >= 11 is 23.9. The Labute approximate surface area is 136 Å². The van der Waals surface area contributed by atoms with Gasteiger partial charge in [0.15, 0.2) is 11.0 Å². The normalized spacial score (nSPS) is 32.4. The summed E-state index contributed by atoms with van der Waals surface area (Å²) in [5, 5.41) is 6.05. The molecule has 0 aromatic heterocycles. The number of alkyl halides is 4. The van der Waals surface area contributed by atoms with E-state index in [1.54, 1.807) is 0 Å². The summed E-state index contributed by atoms with van der Waals surface area (Å²) in [4.78, 5) is 8.53. The van der Waals surface area contributed by atoms with Crippen molar-refractivity contribution in [3.63, 3.8) is 0 Å². The first-order valence-corrected chi connectivity index (χ1v) is 7.65. The molecule has 2 aliphatic rings. The number of hydrogen-bond acceptors (Lipinski definition) is 4. The van der Waals surface area contributed by atoms with Crippen LogP contribution in [0.2, 0.25) is 0 Å². The number of benzene rings is 1. The summed E-state index contributed by atoms with van der Waals surface area (Å²) in [6, 6.07) is 7.66. The maximum Gasteiger partial charge on any atom is 0.160 e. The molecule has 0 amide bonds. The number of rotatable bonds is 2. The summed E-state index contributed by atoms with van der Waals surface area (Å²) < 4.78 is 0. The van der Waals surface area contributed by atoms with Crippen molar-refractivity contribution in [1.29, 1.82) is 0 Å². The van der Waals surface area contributed by atoms with Gasteiger partial charge in [-0.3, -0.25) is 0 Å². The quantitative estimate of drug-likeness (QED) is 0.635. The molecule has 3 rings (SSSR count). The third-order valence-corrected chi connectivity index (χ3v) is 4.60. The van der Waals surface area contributed by atoms with Crippen molar-refractivity contribution in [2.75, 3.05) is 0 Å². The Morgan fingerprint density at radius 1 is 0.800 bits per heavy atom. The lowest BCUT2D eigenvalue weighted by Gasteiger charge is -2.08. The van der Waals surface area contributed by atoms with Crippen LogP contribution in [0, 0.1) is 0 Å². The van der Waals surface area contributed by atoms with Gasteiger partial charge in [-0.05, 0) is 6.07 Å². The van der Waals surface area contributed by atoms with E-state index in [-0.39, 0.29) is 0 Å². The number of halogens is 4. The minimum Gasteiger partial charge on any atom is -0.351 e. The molecule has 2 aliphatic heterocycles. The van der Waals surface area contributed by atoms with Crippen molar-refractivity contribution in [1.82, 2.24) is 10.6 Å². The van der Waals surface area contributed by atoms with E-state index in [1.165, 1.54) is 0 Å². The summed E-state index contributed by atoms with van der Waals surface area (Å²) in [5.74, 6) is 1.32. The van der Waals surface area contributed by atoms with Gasteiger partial charge in [0.2, 0.25) is 0 Å². The summed E-state index contributed by atoms with van der Waals surface area (Å²) in [5.41, 5.74) is -0.00302. The van der Waals surface area contributed by atoms with Crippen molar-refractivity contribution >= 4 is 58.1 Å². The van der Waals surface area contributed by atoms with Gasteiger partial charge < -0.3 is 10.6 Å². The molecule has 0 fully saturated rings. The lowest BCUT2D eigenvalue weighted by atomic mass is 10.1. The highest BCUT2D eigenvalue weighted by Gasteiger charge is 2.27. The molecule has 0 saturated carbocycles. The second-order valence-electron chi connectivity index (χ2n) is 4.37. The summed E-state index contributed by atoms with van der Waals surface area (Å²) in [6.07, 6.45) is 0. The van der Waals surface area contributed by atoms with Gasteiger partial charge in [-0.15, -0.1) is 0 Å². The van der Waals surface area contributed by atoms with E-state index < -0.39 is 22.0 Å². The average Bonchev–Trinajstić information content (AvgIpc) is 2.94. The van der Waals surface area contributed by atoms with Gasteiger partial charge in [-0.2, -0.15) is 0 Å². The van der Waals surface area contributed by atoms with E-state index in [1.807, 2.05) is 24.3 Å². The minimum atomic E-state index is -0.475. The molecule has 20 heavy (non-hydrogen) atoms. The van der Waals surface area contributed by atoms with Crippen LogP contribution < -0.4 is 10.6 Å². The zero-order chi connectivity index (χ0) is 14.3. The zero-order valence-electron chi connectivity index (χ0n) is 10.0. The molecule has 8 heteroatoms. The molecular formula is C12H10Cl4N4. The first-order valence-electron chi connectivity index (χ1n) is 5.90. The third-order valence-electron chi connectivity index (χ3n) is 2.95. The first kappa shape index (κ1) is 14.3. The van der Waals surface area contributed by atoms with Crippen LogP contribution in [0.15, 0.2) is 34.3 Å². The van der Waals surface area contributed by atoms with Crippen LogP contribution in [0.5, 0.6) is 0 Å². The Bertz CT molecular complexity index is 541. The number of nitrogens with one attached hydrogen (secondary N) is 2. The highest BCUT2D eigenvalue weighted by Crippen LogP contribution is 2.21. The van der Waals surface area contributed by atoms with Crippen molar-refractivity contribution in [3.8, 4) is 0 Å². The number of aliphatic imine (C=N–C) groups is 2. The predicted molar refractivity (Wildman–Crippen MR) is 84.4 cm³/mol. The number of nitrogens with zero attached hydrogens (tertiary/aromatic N) is 2. The highest BCUT2D eigenvalue weighted by atomic mass is 35.5. The van der Waals surface area contributed by atoms with E-state index in [9.17, 15) is 0 Å². The SMILES string of the molecule is ClC1N=C(c2cccc(C3=NC(Cl)C(Cl)N3)c2)NC1Cl. The Hall–Kier alpha value is -0.680. The van der Waals surface area contributed by atoms with Crippen LogP contribution >= 0.6 is 46.4 Å². The Morgan fingerprint density at radius 2 is 1.25 bits per heavy atom. The van der Waals surface area contributed by atoms with Crippen molar-refractivity contribution < 1.29 is 0 Å². The van der Waals surface area contributed by atoms with Gasteiger partial charge in [0.05, 0.1) is 0 Å². The zero-order valence-corrected chi connectivity index (χ0v) is 13.0. The van der Waals surface area contributed by atoms with E-state index in [4.69, 9.17) is 46.4 Å². The van der Waals surface area contributed by atoms with Crippen LogP contribution in [0.1, 0.15) is 11.1 Å². The molecule has 0 aliphatic carbocycles. The topological polar surface area (TPSA) is 48.8 Å². The molecule has 106 valence electrons. The molecule has 0 radical (unpaired) electrons. The average molecular weight is 352 g/mol. The van der Waals surface area contributed by atoms with E-state index >= 15 is 0 Å². The molecule has 1 aromatic rings. The fourth-order valence-electron chi connectivity index (χ4n) is 1.98. The molecule has 0 bridgehead atoms. The fraction of sp³-hybridized carbons (Fsp3) is 0.333. The van der Waals surface area contributed by atoms with Crippen LogP contribution in [-0.4, -0.2) is 33.7 Å². The van der Waals surface area contributed by atoms with Crippen LogP contribution in [0.4, 0.5) is 0 Å². The van der Waals surface area contributed by atoms with Crippen molar-refractivity contribution in [3.05, 3.63) is 35.4 Å². The molecular weight excluding hydrogens is 342 g/mol. The standard InChI is InChI=1S/C12H10Cl4N4/c13-7-8(14)18-11(17-7)5-2-1-3-6(4-5)12-19-9(15)10(16)20-12/h1-4,7-10H,(H,17,18)(H,19,20). The van der Waals surface area contributed by atoms with E-state index in [0.29, 0.717) is 11.7 Å². The number of amidine groups is 2. The molecule has 4 atom stereocenters. The first-order chi connectivity index (χ1) is 9.54. The monoisotopic (exact) mass is 350 g/mol. The molecule has 2 N–H and O–H groups in total. The van der Waals surface area contributed by atoms with Crippen LogP contribution in [0.3, 0.4) is 0 Å². The lowest BCUT2D eigenvalue weighted by Crippen LogP contribution is -2.29. The van der Waals surface area contributed by atoms with Crippen molar-refractivity contribution in [2.45, 2.75) is 22.0 Å². The molecule has 1 aromatic carbocycles. The smallest absolute Gasteiger partial charge is 0.160 e.